The maximum absolute atomic E-state index is 13.5. The Bertz CT molecular complexity index is 440. The molecule has 0 spiro atoms. The first-order chi connectivity index (χ1) is 7.40. The number of hydrogen-bond acceptors (Lipinski definition) is 1. The van der Waals surface area contributed by atoms with Gasteiger partial charge < -0.3 is 5.32 Å². The molecule has 1 amide bonds. The number of carbonyl (C=O) groups excluding carboxylic acids is 1. The summed E-state index contributed by atoms with van der Waals surface area (Å²) in [6, 6.07) is 4.85. The lowest BCUT2D eigenvalue weighted by Crippen LogP contribution is -2.29. The number of nitrogens with one attached hydrogen (secondary N) is 1. The Morgan fingerprint density at radius 3 is 2.62 bits per heavy atom. The highest BCUT2D eigenvalue weighted by atomic mass is 19.1. The van der Waals surface area contributed by atoms with Crippen LogP contribution < -0.4 is 5.32 Å². The highest BCUT2D eigenvalue weighted by Crippen LogP contribution is 2.44. The van der Waals surface area contributed by atoms with Crippen LogP contribution in [0.15, 0.2) is 18.2 Å². The van der Waals surface area contributed by atoms with E-state index in [2.05, 4.69) is 19.2 Å². The molecule has 1 aliphatic rings. The summed E-state index contributed by atoms with van der Waals surface area (Å²) >= 11 is 0. The standard InChI is InChI=1S/C13H16FNO/c1-8-4-5-9(10(14)6-8)12(16)15-11-7-13(11,2)3/h4-6,11H,7H2,1-3H3,(H,15,16). The fraction of sp³-hybridized carbons (Fsp3) is 0.462. The average molecular weight is 221 g/mol. The smallest absolute Gasteiger partial charge is 0.254 e. The predicted octanol–water partition coefficient (Wildman–Crippen LogP) is 2.66. The third-order valence-electron chi connectivity index (χ3n) is 3.19. The van der Waals surface area contributed by atoms with Gasteiger partial charge in [0.1, 0.15) is 5.82 Å². The van der Waals surface area contributed by atoms with Gasteiger partial charge in [0.2, 0.25) is 0 Å². The molecule has 1 saturated carbocycles. The van der Waals surface area contributed by atoms with Crippen LogP contribution in [0.2, 0.25) is 0 Å². The van der Waals surface area contributed by atoms with Crippen LogP contribution in [0.3, 0.4) is 0 Å². The van der Waals surface area contributed by atoms with E-state index < -0.39 is 5.82 Å². The van der Waals surface area contributed by atoms with Crippen LogP contribution >= 0.6 is 0 Å². The summed E-state index contributed by atoms with van der Waals surface area (Å²) in [5.41, 5.74) is 1.12. The summed E-state index contributed by atoms with van der Waals surface area (Å²) in [7, 11) is 0. The van der Waals surface area contributed by atoms with E-state index >= 15 is 0 Å². The molecule has 2 nitrogen and oxygen atoms in total. The van der Waals surface area contributed by atoms with Gasteiger partial charge in [-0.15, -0.1) is 0 Å². The highest BCUT2D eigenvalue weighted by molar-refractivity contribution is 5.95. The molecule has 0 saturated heterocycles. The van der Waals surface area contributed by atoms with Crippen molar-refractivity contribution in [3.8, 4) is 0 Å². The Morgan fingerprint density at radius 1 is 1.50 bits per heavy atom. The molecule has 1 aromatic carbocycles. The van der Waals surface area contributed by atoms with Crippen molar-refractivity contribution in [1.29, 1.82) is 0 Å². The highest BCUT2D eigenvalue weighted by Gasteiger charge is 2.46. The van der Waals surface area contributed by atoms with Crippen molar-refractivity contribution in [1.82, 2.24) is 5.32 Å². The first-order valence-electron chi connectivity index (χ1n) is 5.47. The summed E-state index contributed by atoms with van der Waals surface area (Å²) in [6.07, 6.45) is 0.965. The third kappa shape index (κ3) is 2.08. The minimum Gasteiger partial charge on any atom is -0.349 e. The van der Waals surface area contributed by atoms with E-state index in [1.54, 1.807) is 13.0 Å². The molecule has 0 aliphatic heterocycles. The van der Waals surface area contributed by atoms with Gasteiger partial charge in [-0.2, -0.15) is 0 Å². The van der Waals surface area contributed by atoms with Gasteiger partial charge in [-0.25, -0.2) is 4.39 Å². The molecule has 1 unspecified atom stereocenters. The molecule has 1 aliphatic carbocycles. The molecule has 86 valence electrons. The van der Waals surface area contributed by atoms with Crippen molar-refractivity contribution in [2.24, 2.45) is 5.41 Å². The van der Waals surface area contributed by atoms with E-state index in [1.807, 2.05) is 0 Å². The molecule has 3 heteroatoms. The van der Waals surface area contributed by atoms with Crippen LogP contribution in [0.4, 0.5) is 4.39 Å². The van der Waals surface area contributed by atoms with Crippen molar-refractivity contribution in [3.63, 3.8) is 0 Å². The van der Waals surface area contributed by atoms with Crippen molar-refractivity contribution >= 4 is 5.91 Å². The lowest BCUT2D eigenvalue weighted by Gasteiger charge is -2.08. The fourth-order valence-electron chi connectivity index (χ4n) is 1.75. The fourth-order valence-corrected chi connectivity index (χ4v) is 1.75. The monoisotopic (exact) mass is 221 g/mol. The van der Waals surface area contributed by atoms with Gasteiger partial charge in [-0.3, -0.25) is 4.79 Å². The van der Waals surface area contributed by atoms with Gasteiger partial charge in [0.25, 0.3) is 5.91 Å². The second kappa shape index (κ2) is 3.58. The zero-order valence-electron chi connectivity index (χ0n) is 9.80. The lowest BCUT2D eigenvalue weighted by atomic mass is 10.1. The van der Waals surface area contributed by atoms with Crippen molar-refractivity contribution < 1.29 is 9.18 Å². The van der Waals surface area contributed by atoms with E-state index in [0.717, 1.165) is 12.0 Å². The van der Waals surface area contributed by atoms with Crippen LogP contribution in [-0.2, 0) is 0 Å². The van der Waals surface area contributed by atoms with Gasteiger partial charge in [0.05, 0.1) is 5.56 Å². The summed E-state index contributed by atoms with van der Waals surface area (Å²) in [4.78, 5) is 11.8. The maximum Gasteiger partial charge on any atom is 0.254 e. The van der Waals surface area contributed by atoms with Crippen molar-refractivity contribution in [3.05, 3.63) is 35.1 Å². The average Bonchev–Trinajstić information content (AvgIpc) is 2.72. The molecule has 0 aromatic heterocycles. The van der Waals surface area contributed by atoms with Crippen LogP contribution in [0, 0.1) is 18.2 Å². The molecule has 1 fully saturated rings. The number of carbonyl (C=O) groups is 1. The Morgan fingerprint density at radius 2 is 2.12 bits per heavy atom. The maximum atomic E-state index is 13.5. The Kier molecular flexibility index (Phi) is 2.49. The SMILES string of the molecule is Cc1ccc(C(=O)NC2CC2(C)C)c(F)c1. The van der Waals surface area contributed by atoms with Crippen LogP contribution in [0.5, 0.6) is 0 Å². The lowest BCUT2D eigenvalue weighted by molar-refractivity contribution is 0.0942. The van der Waals surface area contributed by atoms with Gasteiger partial charge >= 0.3 is 0 Å². The molecule has 16 heavy (non-hydrogen) atoms. The first-order valence-corrected chi connectivity index (χ1v) is 5.47. The molecular formula is C13H16FNO. The first kappa shape index (κ1) is 11.1. The normalized spacial score (nSPS) is 21.6. The van der Waals surface area contributed by atoms with E-state index in [0.29, 0.717) is 0 Å². The molecule has 1 atom stereocenters. The van der Waals surface area contributed by atoms with E-state index in [1.165, 1.54) is 12.1 Å². The molecule has 0 heterocycles. The van der Waals surface area contributed by atoms with Crippen LogP contribution in [0.25, 0.3) is 0 Å². The summed E-state index contributed by atoms with van der Waals surface area (Å²) in [5, 5.41) is 2.84. The number of benzene rings is 1. The number of amides is 1. The van der Waals surface area contributed by atoms with Gasteiger partial charge in [0.15, 0.2) is 0 Å². The zero-order chi connectivity index (χ0) is 11.9. The Labute approximate surface area is 94.9 Å². The third-order valence-corrected chi connectivity index (χ3v) is 3.19. The minimum atomic E-state index is -0.448. The molecule has 0 radical (unpaired) electrons. The Balaban J connectivity index is 2.10. The second-order valence-electron chi connectivity index (χ2n) is 5.20. The molecule has 0 bridgehead atoms. The topological polar surface area (TPSA) is 29.1 Å². The van der Waals surface area contributed by atoms with E-state index in [4.69, 9.17) is 0 Å². The summed E-state index contributed by atoms with van der Waals surface area (Å²) < 4.78 is 13.5. The van der Waals surface area contributed by atoms with E-state index in [-0.39, 0.29) is 22.9 Å². The van der Waals surface area contributed by atoms with E-state index in [9.17, 15) is 9.18 Å². The zero-order valence-corrected chi connectivity index (χ0v) is 9.80. The largest absolute Gasteiger partial charge is 0.349 e. The number of rotatable bonds is 2. The summed E-state index contributed by atoms with van der Waals surface area (Å²) in [6.45, 7) is 5.97. The summed E-state index contributed by atoms with van der Waals surface area (Å²) in [5.74, 6) is -0.760. The van der Waals surface area contributed by atoms with Crippen molar-refractivity contribution in [2.45, 2.75) is 33.2 Å². The molecule has 1 N–H and O–H groups in total. The van der Waals surface area contributed by atoms with Crippen LogP contribution in [-0.4, -0.2) is 11.9 Å². The number of halogens is 1. The second-order valence-corrected chi connectivity index (χ2v) is 5.20. The Hall–Kier alpha value is -1.38. The predicted molar refractivity (Wildman–Crippen MR) is 60.8 cm³/mol. The molecule has 1 aromatic rings. The number of aryl methyl sites for hydroxylation is 1. The number of hydrogen-bond donors (Lipinski definition) is 1. The molecule has 2 rings (SSSR count). The van der Waals surface area contributed by atoms with Gasteiger partial charge in [-0.05, 0) is 36.5 Å². The molecular weight excluding hydrogens is 205 g/mol. The van der Waals surface area contributed by atoms with Crippen molar-refractivity contribution in [2.75, 3.05) is 0 Å². The van der Waals surface area contributed by atoms with Crippen LogP contribution in [0.1, 0.15) is 36.2 Å². The minimum absolute atomic E-state index is 0.133. The van der Waals surface area contributed by atoms with Gasteiger partial charge in [-0.1, -0.05) is 19.9 Å². The quantitative estimate of drug-likeness (QED) is 0.817. The van der Waals surface area contributed by atoms with Gasteiger partial charge in [0, 0.05) is 6.04 Å².